The summed E-state index contributed by atoms with van der Waals surface area (Å²) in [6.45, 7) is 6.35. The monoisotopic (exact) mass is 1040 g/mol. The third kappa shape index (κ3) is 7.57. The van der Waals surface area contributed by atoms with Crippen LogP contribution in [0.15, 0.2) is 200 Å². The summed E-state index contributed by atoms with van der Waals surface area (Å²) in [7, 11) is 0. The van der Waals surface area contributed by atoms with E-state index in [0.717, 1.165) is 100 Å². The molecule has 0 radical (unpaired) electrons. The molecule has 1 aliphatic heterocycles. The number of aromatic nitrogens is 5. The quantitative estimate of drug-likeness (QED) is 0.141. The van der Waals surface area contributed by atoms with Crippen molar-refractivity contribution in [2.24, 2.45) is 0 Å². The molecule has 7 nitrogen and oxygen atoms in total. The molecule has 0 unspecified atom stereocenters. The number of rotatable bonds is 8. The first-order valence-corrected chi connectivity index (χ1v) is 22.1. The number of aryl methyl sites for hydroxylation is 2. The van der Waals surface area contributed by atoms with E-state index in [0.29, 0.717) is 17.5 Å². The molecule has 0 atom stereocenters. The smallest absolute Gasteiger partial charge is 0.144 e. The van der Waals surface area contributed by atoms with Gasteiger partial charge in [0.05, 0.1) is 11.6 Å². The van der Waals surface area contributed by atoms with Crippen molar-refractivity contribution in [2.75, 3.05) is 9.80 Å². The first kappa shape index (κ1) is 41.7. The van der Waals surface area contributed by atoms with Crippen LogP contribution in [-0.2, 0) is 21.1 Å². The molecule has 4 heterocycles. The Morgan fingerprint density at radius 1 is 0.463 bits per heavy atom. The Kier molecular flexibility index (Phi) is 10.8. The van der Waals surface area contributed by atoms with Gasteiger partial charge in [0.25, 0.3) is 0 Å². The maximum Gasteiger partial charge on any atom is 0.144 e. The maximum atomic E-state index is 5.21. The largest absolute Gasteiger partial charge is 0.488 e. The average molecular weight is 1040 g/mol. The zero-order valence-corrected chi connectivity index (χ0v) is 38.8. The Balaban J connectivity index is 0.00000494. The molecule has 11 aromatic rings. The van der Waals surface area contributed by atoms with E-state index in [4.69, 9.17) is 19.9 Å². The molecule has 0 aliphatic carbocycles. The van der Waals surface area contributed by atoms with E-state index in [1.54, 1.807) is 0 Å². The fraction of sp³-hybridized carbons (Fsp3) is 0.0339. The van der Waals surface area contributed by atoms with Crippen molar-refractivity contribution in [1.82, 2.24) is 24.5 Å². The minimum Gasteiger partial charge on any atom is -0.488 e. The van der Waals surface area contributed by atoms with Gasteiger partial charge in [-0.05, 0) is 71.8 Å². The molecule has 324 valence electrons. The van der Waals surface area contributed by atoms with Gasteiger partial charge in [0.1, 0.15) is 11.6 Å². The molecule has 0 N–H and O–H groups in total. The first-order valence-electron chi connectivity index (χ1n) is 22.1. The first-order chi connectivity index (χ1) is 32.5. The van der Waals surface area contributed by atoms with Crippen LogP contribution < -0.4 is 9.80 Å². The summed E-state index contributed by atoms with van der Waals surface area (Å²) in [5, 5.41) is 2.20. The Labute approximate surface area is 404 Å². The molecule has 0 spiro atoms. The van der Waals surface area contributed by atoms with Crippen LogP contribution in [0.25, 0.3) is 84.0 Å². The molecule has 8 aromatic carbocycles. The van der Waals surface area contributed by atoms with Crippen LogP contribution in [0.4, 0.5) is 22.7 Å². The third-order valence-electron chi connectivity index (χ3n) is 12.3. The van der Waals surface area contributed by atoms with Crippen LogP contribution in [-0.4, -0.2) is 24.5 Å². The van der Waals surface area contributed by atoms with Crippen molar-refractivity contribution in [3.8, 4) is 62.2 Å². The van der Waals surface area contributed by atoms with E-state index in [2.05, 4.69) is 223 Å². The molecule has 1 aliphatic rings. The van der Waals surface area contributed by atoms with Crippen LogP contribution in [0.3, 0.4) is 0 Å². The number of fused-ring (bicyclic) bond motifs is 4. The molecule has 0 saturated carbocycles. The Hall–Kier alpha value is -7.99. The number of anilines is 4. The van der Waals surface area contributed by atoms with Crippen molar-refractivity contribution in [1.29, 1.82) is 0 Å². The molecule has 8 heteroatoms. The summed E-state index contributed by atoms with van der Waals surface area (Å²) in [6.07, 6.45) is 1.85. The molecule has 0 amide bonds. The Morgan fingerprint density at radius 3 is 1.78 bits per heavy atom. The van der Waals surface area contributed by atoms with Crippen molar-refractivity contribution >= 4 is 44.6 Å². The van der Waals surface area contributed by atoms with Gasteiger partial charge in [-0.3, -0.25) is 9.97 Å². The van der Waals surface area contributed by atoms with Crippen LogP contribution in [0.1, 0.15) is 11.1 Å². The van der Waals surface area contributed by atoms with Gasteiger partial charge in [0.15, 0.2) is 0 Å². The van der Waals surface area contributed by atoms with E-state index >= 15 is 0 Å². The predicted molar refractivity (Wildman–Crippen MR) is 268 cm³/mol. The fourth-order valence-electron chi connectivity index (χ4n) is 9.07. The number of nitrogens with zero attached hydrogens (tertiary/aromatic N) is 7. The van der Waals surface area contributed by atoms with Crippen molar-refractivity contribution in [2.45, 2.75) is 13.8 Å². The standard InChI is InChI=1S/C59H40N7.Pt/c1-39-27-29-43(30-28-39)57-61-58(63-59(62-57)45-31-32-50-49-21-9-10-24-51(49)66(54(50)37-45)55-35-40(2)33-34-60-55)44-19-13-20-46(36-44)64-38-65(53-26-12-11-25-52(53)64)56-47(41-15-5-3-6-16-41)22-14-23-48(56)42-17-7-4-8-18-42;/h3-35,38H,1-2H3;/q-3;. The second-order valence-electron chi connectivity index (χ2n) is 16.6. The fourth-order valence-corrected chi connectivity index (χ4v) is 9.07. The van der Waals surface area contributed by atoms with E-state index in [1.165, 1.54) is 0 Å². The number of hydrogen-bond donors (Lipinski definition) is 0. The minimum absolute atomic E-state index is 0. The van der Waals surface area contributed by atoms with Gasteiger partial charge in [-0.2, -0.15) is 0 Å². The SMILES string of the molecule is Cc1ccc(-c2nc(-c3[c-]c(N4[CH-]N(c5c(-c6ccccc6)cccc5-c5ccccc5)c5ccccc54)ccc3)nc(-c3[c-]c4c(cc3)c3ccccc3n4-c3cc(C)ccn3)n2)cc1.[Pt]. The number of pyridine rings is 1. The molecule has 3 aromatic heterocycles. The van der Waals surface area contributed by atoms with Gasteiger partial charge in [-0.15, -0.1) is 60.3 Å². The summed E-state index contributed by atoms with van der Waals surface area (Å²) >= 11 is 0. The third-order valence-corrected chi connectivity index (χ3v) is 12.3. The number of para-hydroxylation sites is 4. The van der Waals surface area contributed by atoms with Crippen LogP contribution >= 0.6 is 0 Å². The molecular formula is C59H40N7Pt-3. The minimum atomic E-state index is 0. The summed E-state index contributed by atoms with van der Waals surface area (Å²) < 4.78 is 2.18. The number of benzene rings is 8. The molecule has 12 rings (SSSR count). The predicted octanol–water partition coefficient (Wildman–Crippen LogP) is 14.3. The van der Waals surface area contributed by atoms with Gasteiger partial charge in [0.2, 0.25) is 0 Å². The zero-order chi connectivity index (χ0) is 44.1. The van der Waals surface area contributed by atoms with E-state index in [9.17, 15) is 0 Å². The Bertz CT molecular complexity index is 3550. The van der Waals surface area contributed by atoms with Gasteiger partial charge in [0, 0.05) is 66.5 Å². The molecule has 0 fully saturated rings. The van der Waals surface area contributed by atoms with Crippen molar-refractivity contribution < 1.29 is 21.1 Å². The molecular weight excluding hydrogens is 1000 g/mol. The van der Waals surface area contributed by atoms with Crippen molar-refractivity contribution in [3.63, 3.8) is 0 Å². The van der Waals surface area contributed by atoms with Crippen LogP contribution in [0.2, 0.25) is 0 Å². The van der Waals surface area contributed by atoms with Gasteiger partial charge in [-0.25, -0.2) is 4.98 Å². The van der Waals surface area contributed by atoms with Gasteiger partial charge >= 0.3 is 0 Å². The normalized spacial score (nSPS) is 12.1. The Morgan fingerprint density at radius 2 is 1.07 bits per heavy atom. The van der Waals surface area contributed by atoms with Crippen LogP contribution in [0, 0.1) is 32.6 Å². The van der Waals surface area contributed by atoms with E-state index in [-0.39, 0.29) is 21.1 Å². The van der Waals surface area contributed by atoms with Gasteiger partial charge in [-0.1, -0.05) is 150 Å². The van der Waals surface area contributed by atoms with Crippen LogP contribution in [0.5, 0.6) is 0 Å². The maximum absolute atomic E-state index is 5.21. The molecule has 0 saturated heterocycles. The molecule has 67 heavy (non-hydrogen) atoms. The average Bonchev–Trinajstić information content (AvgIpc) is 3.93. The van der Waals surface area contributed by atoms with Gasteiger partial charge < -0.3 is 19.4 Å². The summed E-state index contributed by atoms with van der Waals surface area (Å²) in [4.78, 5) is 24.8. The summed E-state index contributed by atoms with van der Waals surface area (Å²) in [5.41, 5.74) is 15.2. The van der Waals surface area contributed by atoms with Crippen molar-refractivity contribution in [3.05, 3.63) is 230 Å². The molecule has 0 bridgehead atoms. The zero-order valence-electron chi connectivity index (χ0n) is 36.6. The second-order valence-corrected chi connectivity index (χ2v) is 16.6. The topological polar surface area (TPSA) is 63.0 Å². The van der Waals surface area contributed by atoms with E-state index in [1.807, 2.05) is 24.4 Å². The van der Waals surface area contributed by atoms with E-state index < -0.39 is 0 Å². The second kappa shape index (κ2) is 17.4. The summed E-state index contributed by atoms with van der Waals surface area (Å²) in [5.74, 6) is 2.42. The summed E-state index contributed by atoms with van der Waals surface area (Å²) in [6, 6.07) is 75.0. The number of hydrogen-bond acceptors (Lipinski definition) is 6.